The third-order valence-corrected chi connectivity index (χ3v) is 2.73. The van der Waals surface area contributed by atoms with Gasteiger partial charge < -0.3 is 15.7 Å². The fraction of sp³-hybridized carbons (Fsp3) is 0.231. The number of nitrogens with two attached hydrogens (primary N) is 1. The fourth-order valence-corrected chi connectivity index (χ4v) is 1.78. The van der Waals surface area contributed by atoms with E-state index in [1.54, 1.807) is 6.07 Å². The second-order valence-electron chi connectivity index (χ2n) is 4.12. The van der Waals surface area contributed by atoms with Gasteiger partial charge in [-0.25, -0.2) is 0 Å². The normalized spacial score (nSPS) is 10.7. The van der Waals surface area contributed by atoms with Gasteiger partial charge in [-0.2, -0.15) is 0 Å². The number of hydrogen-bond acceptors (Lipinski definition) is 3. The summed E-state index contributed by atoms with van der Waals surface area (Å²) in [4.78, 5) is 2.01. The number of fused-ring (bicyclic) bond motifs is 1. The van der Waals surface area contributed by atoms with Crippen LogP contribution in [0, 0.1) is 0 Å². The van der Waals surface area contributed by atoms with Gasteiger partial charge in [-0.05, 0) is 35.2 Å². The fourth-order valence-electron chi connectivity index (χ4n) is 1.78. The van der Waals surface area contributed by atoms with Crippen LogP contribution in [0.15, 0.2) is 30.3 Å². The molecule has 0 atom stereocenters. The summed E-state index contributed by atoms with van der Waals surface area (Å²) >= 11 is 0. The molecular formula is C13H16N2O. The van der Waals surface area contributed by atoms with Crippen molar-refractivity contribution in [2.75, 3.05) is 19.0 Å². The monoisotopic (exact) mass is 216 g/mol. The van der Waals surface area contributed by atoms with E-state index >= 15 is 0 Å². The minimum absolute atomic E-state index is 0.293. The highest BCUT2D eigenvalue weighted by atomic mass is 16.3. The summed E-state index contributed by atoms with van der Waals surface area (Å²) in [5.41, 5.74) is 7.59. The van der Waals surface area contributed by atoms with Crippen molar-refractivity contribution in [3.63, 3.8) is 0 Å². The second-order valence-corrected chi connectivity index (χ2v) is 4.12. The van der Waals surface area contributed by atoms with E-state index in [0.29, 0.717) is 12.3 Å². The standard InChI is InChI=1S/C13H16N2O/c1-15(2)11-4-3-10-5-9(8-14)6-13(16)12(10)7-11/h3-7,16H,8,14H2,1-2H3. The lowest BCUT2D eigenvalue weighted by molar-refractivity contribution is 0.481. The highest BCUT2D eigenvalue weighted by Gasteiger charge is 2.04. The Labute approximate surface area is 95.1 Å². The molecule has 0 aliphatic carbocycles. The Kier molecular flexibility index (Phi) is 2.71. The lowest BCUT2D eigenvalue weighted by Gasteiger charge is -2.14. The van der Waals surface area contributed by atoms with Crippen LogP contribution in [0.3, 0.4) is 0 Å². The van der Waals surface area contributed by atoms with E-state index in [0.717, 1.165) is 22.0 Å². The van der Waals surface area contributed by atoms with Crippen molar-refractivity contribution in [2.45, 2.75) is 6.54 Å². The van der Waals surface area contributed by atoms with Gasteiger partial charge in [-0.3, -0.25) is 0 Å². The van der Waals surface area contributed by atoms with Gasteiger partial charge in [0.15, 0.2) is 0 Å². The summed E-state index contributed by atoms with van der Waals surface area (Å²) < 4.78 is 0. The van der Waals surface area contributed by atoms with E-state index in [4.69, 9.17) is 5.73 Å². The predicted octanol–water partition coefficient (Wildman–Crippen LogP) is 2.07. The molecule has 3 heteroatoms. The third-order valence-electron chi connectivity index (χ3n) is 2.73. The molecule has 0 heterocycles. The summed E-state index contributed by atoms with van der Waals surface area (Å²) in [5, 5.41) is 11.8. The molecule has 0 saturated heterocycles. The average molecular weight is 216 g/mol. The molecule has 0 aliphatic heterocycles. The summed E-state index contributed by atoms with van der Waals surface area (Å²) in [7, 11) is 3.96. The van der Waals surface area contributed by atoms with Crippen LogP contribution in [0.5, 0.6) is 5.75 Å². The van der Waals surface area contributed by atoms with Crippen molar-refractivity contribution in [1.29, 1.82) is 0 Å². The first kappa shape index (κ1) is 10.8. The number of anilines is 1. The van der Waals surface area contributed by atoms with Crippen LogP contribution in [0.4, 0.5) is 5.69 Å². The molecule has 16 heavy (non-hydrogen) atoms. The zero-order chi connectivity index (χ0) is 11.7. The molecule has 0 unspecified atom stereocenters. The molecule has 3 N–H and O–H groups in total. The molecule has 2 aromatic carbocycles. The van der Waals surface area contributed by atoms with E-state index in [1.807, 2.05) is 43.3 Å². The summed E-state index contributed by atoms with van der Waals surface area (Å²) in [6, 6.07) is 9.74. The number of hydrogen-bond donors (Lipinski definition) is 2. The smallest absolute Gasteiger partial charge is 0.123 e. The van der Waals surface area contributed by atoms with Crippen LogP contribution < -0.4 is 10.6 Å². The molecule has 0 spiro atoms. The minimum Gasteiger partial charge on any atom is -0.507 e. The van der Waals surface area contributed by atoms with Crippen LogP contribution in [0.25, 0.3) is 10.8 Å². The first-order valence-electron chi connectivity index (χ1n) is 5.25. The van der Waals surface area contributed by atoms with Crippen molar-refractivity contribution < 1.29 is 5.11 Å². The van der Waals surface area contributed by atoms with E-state index in [-0.39, 0.29) is 0 Å². The minimum atomic E-state index is 0.293. The molecule has 0 bridgehead atoms. The van der Waals surface area contributed by atoms with E-state index in [9.17, 15) is 5.11 Å². The van der Waals surface area contributed by atoms with Crippen molar-refractivity contribution in [3.05, 3.63) is 35.9 Å². The van der Waals surface area contributed by atoms with Crippen molar-refractivity contribution in [1.82, 2.24) is 0 Å². The predicted molar refractivity (Wildman–Crippen MR) is 67.8 cm³/mol. The molecule has 84 valence electrons. The number of aromatic hydroxyl groups is 1. The van der Waals surface area contributed by atoms with Gasteiger partial charge in [0, 0.05) is 31.7 Å². The maximum Gasteiger partial charge on any atom is 0.123 e. The van der Waals surface area contributed by atoms with Crippen LogP contribution >= 0.6 is 0 Å². The summed E-state index contributed by atoms with van der Waals surface area (Å²) in [6.07, 6.45) is 0. The molecule has 0 aliphatic rings. The number of rotatable bonds is 2. The molecule has 0 saturated carbocycles. The van der Waals surface area contributed by atoms with Crippen LogP contribution in [0.1, 0.15) is 5.56 Å². The zero-order valence-corrected chi connectivity index (χ0v) is 9.57. The molecule has 2 aromatic rings. The third kappa shape index (κ3) is 1.82. The molecule has 3 nitrogen and oxygen atoms in total. The Bertz CT molecular complexity index is 521. The first-order chi connectivity index (χ1) is 7.61. The van der Waals surface area contributed by atoms with Gasteiger partial charge in [-0.1, -0.05) is 6.07 Å². The van der Waals surface area contributed by atoms with Crippen LogP contribution in [-0.2, 0) is 6.54 Å². The molecule has 0 amide bonds. The Hall–Kier alpha value is -1.74. The maximum atomic E-state index is 9.92. The molecule has 0 radical (unpaired) electrons. The molecule has 0 aromatic heterocycles. The highest BCUT2D eigenvalue weighted by molar-refractivity contribution is 5.91. The molecule has 0 fully saturated rings. The van der Waals surface area contributed by atoms with Crippen molar-refractivity contribution >= 4 is 16.5 Å². The molecular weight excluding hydrogens is 200 g/mol. The number of benzene rings is 2. The van der Waals surface area contributed by atoms with Crippen molar-refractivity contribution in [3.8, 4) is 5.75 Å². The average Bonchev–Trinajstić information content (AvgIpc) is 2.28. The van der Waals surface area contributed by atoms with Gasteiger partial charge in [0.25, 0.3) is 0 Å². The van der Waals surface area contributed by atoms with Gasteiger partial charge >= 0.3 is 0 Å². The van der Waals surface area contributed by atoms with Gasteiger partial charge in [0.05, 0.1) is 0 Å². The van der Waals surface area contributed by atoms with E-state index < -0.39 is 0 Å². The Morgan fingerprint density at radius 1 is 1.19 bits per heavy atom. The van der Waals surface area contributed by atoms with Gasteiger partial charge in [0.2, 0.25) is 0 Å². The number of phenols is 1. The van der Waals surface area contributed by atoms with E-state index in [1.165, 1.54) is 0 Å². The topological polar surface area (TPSA) is 49.5 Å². The second kappa shape index (κ2) is 4.02. The number of phenolic OH excluding ortho intramolecular Hbond substituents is 1. The zero-order valence-electron chi connectivity index (χ0n) is 9.57. The lowest BCUT2D eigenvalue weighted by Crippen LogP contribution is -2.08. The Morgan fingerprint density at radius 2 is 1.94 bits per heavy atom. The van der Waals surface area contributed by atoms with Crippen LogP contribution in [0.2, 0.25) is 0 Å². The largest absolute Gasteiger partial charge is 0.507 e. The molecule has 2 rings (SSSR count). The quantitative estimate of drug-likeness (QED) is 0.808. The van der Waals surface area contributed by atoms with Crippen molar-refractivity contribution in [2.24, 2.45) is 5.73 Å². The number of nitrogens with zero attached hydrogens (tertiary/aromatic N) is 1. The van der Waals surface area contributed by atoms with E-state index in [2.05, 4.69) is 0 Å². The first-order valence-corrected chi connectivity index (χ1v) is 5.25. The highest BCUT2D eigenvalue weighted by Crippen LogP contribution is 2.29. The maximum absolute atomic E-state index is 9.92. The summed E-state index contributed by atoms with van der Waals surface area (Å²) in [6.45, 7) is 0.443. The lowest BCUT2D eigenvalue weighted by atomic mass is 10.0. The van der Waals surface area contributed by atoms with Gasteiger partial charge in [0.1, 0.15) is 5.75 Å². The Balaban J connectivity index is 2.65. The van der Waals surface area contributed by atoms with Crippen LogP contribution in [-0.4, -0.2) is 19.2 Å². The Morgan fingerprint density at radius 3 is 2.56 bits per heavy atom. The summed E-state index contributed by atoms with van der Waals surface area (Å²) in [5.74, 6) is 0.293. The SMILES string of the molecule is CN(C)c1ccc2cc(CN)cc(O)c2c1. The van der Waals surface area contributed by atoms with Gasteiger partial charge in [-0.15, -0.1) is 0 Å².